The highest BCUT2D eigenvalue weighted by Gasteiger charge is 2.33. The maximum atomic E-state index is 14.1. The highest BCUT2D eigenvalue weighted by molar-refractivity contribution is 7.92. The van der Waals surface area contributed by atoms with Crippen LogP contribution >= 0.6 is 0 Å². The third kappa shape index (κ3) is 7.41. The molecule has 0 aromatic heterocycles. The molecule has 9 heteroatoms. The fourth-order valence-corrected chi connectivity index (χ4v) is 5.77. The lowest BCUT2D eigenvalue weighted by molar-refractivity contribution is -0.139. The summed E-state index contributed by atoms with van der Waals surface area (Å²) in [5.41, 5.74) is 1.97. The molecule has 0 spiro atoms. The number of carbonyl (C=O) groups is 2. The van der Waals surface area contributed by atoms with E-state index in [1.165, 1.54) is 17.0 Å². The van der Waals surface area contributed by atoms with Gasteiger partial charge >= 0.3 is 0 Å². The summed E-state index contributed by atoms with van der Waals surface area (Å²) in [5.74, 6) is -0.191. The number of benzene rings is 3. The Hall–Kier alpha value is -3.85. The van der Waals surface area contributed by atoms with Crippen LogP contribution in [0.15, 0.2) is 83.8 Å². The molecule has 0 unspecified atom stereocenters. The Labute approximate surface area is 238 Å². The normalized spacial score (nSPS) is 12.7. The van der Waals surface area contributed by atoms with Crippen LogP contribution in [0, 0.1) is 0 Å². The number of sulfonamides is 1. The Bertz CT molecular complexity index is 1390. The Morgan fingerprint density at radius 3 is 2.25 bits per heavy atom. The van der Waals surface area contributed by atoms with Crippen molar-refractivity contribution in [2.75, 3.05) is 18.0 Å². The largest absolute Gasteiger partial charge is 0.497 e. The fourth-order valence-electron chi connectivity index (χ4n) is 4.30. The summed E-state index contributed by atoms with van der Waals surface area (Å²) >= 11 is 0. The van der Waals surface area contributed by atoms with Gasteiger partial charge in [-0.3, -0.25) is 13.9 Å². The van der Waals surface area contributed by atoms with E-state index >= 15 is 0 Å². The standard InChI is InChI=1S/C31H39N3O5S/c1-6-23(3)32-31(36)24(4)33(21-25-14-13-16-27(20-25)39-5)30(35)22-34(29-19-12-11-15-26(29)7-2)40(37,38)28-17-9-8-10-18-28/h8-20,23-24H,6-7,21-22H2,1-5H3,(H,32,36)/t23-,24+/m0/s1. The van der Waals surface area contributed by atoms with Crippen LogP contribution in [0.4, 0.5) is 5.69 Å². The minimum Gasteiger partial charge on any atom is -0.497 e. The molecule has 3 aromatic carbocycles. The second-order valence-electron chi connectivity index (χ2n) is 9.67. The summed E-state index contributed by atoms with van der Waals surface area (Å²) in [4.78, 5) is 28.8. The summed E-state index contributed by atoms with van der Waals surface area (Å²) in [6, 6.07) is 21.5. The van der Waals surface area contributed by atoms with E-state index in [0.29, 0.717) is 17.9 Å². The van der Waals surface area contributed by atoms with Crippen LogP contribution in [0.25, 0.3) is 0 Å². The van der Waals surface area contributed by atoms with Crippen LogP contribution in [0.5, 0.6) is 5.75 Å². The van der Waals surface area contributed by atoms with E-state index < -0.39 is 28.5 Å². The molecule has 0 bridgehead atoms. The van der Waals surface area contributed by atoms with Crippen molar-refractivity contribution in [1.82, 2.24) is 10.2 Å². The Kier molecular flexibility index (Phi) is 10.7. The number of hydrogen-bond acceptors (Lipinski definition) is 5. The van der Waals surface area contributed by atoms with Crippen molar-refractivity contribution in [2.45, 2.75) is 64.1 Å². The van der Waals surface area contributed by atoms with Crippen LogP contribution in [0.1, 0.15) is 45.2 Å². The molecule has 0 aliphatic carbocycles. The molecule has 0 radical (unpaired) electrons. The third-order valence-corrected chi connectivity index (χ3v) is 8.68. The minimum absolute atomic E-state index is 0.0740. The van der Waals surface area contributed by atoms with Gasteiger partial charge in [0.25, 0.3) is 10.0 Å². The lowest BCUT2D eigenvalue weighted by Crippen LogP contribution is -2.52. The van der Waals surface area contributed by atoms with Gasteiger partial charge in [0.15, 0.2) is 0 Å². The number of nitrogens with zero attached hydrogens (tertiary/aromatic N) is 2. The molecular formula is C31H39N3O5S. The number of anilines is 1. The number of hydrogen-bond donors (Lipinski definition) is 1. The molecule has 0 aliphatic rings. The second kappa shape index (κ2) is 14.0. The van der Waals surface area contributed by atoms with Gasteiger partial charge in [-0.2, -0.15) is 0 Å². The van der Waals surface area contributed by atoms with Crippen LogP contribution in [-0.4, -0.2) is 50.9 Å². The summed E-state index contributed by atoms with van der Waals surface area (Å²) < 4.78 is 34.4. The van der Waals surface area contributed by atoms with Gasteiger partial charge in [0, 0.05) is 12.6 Å². The molecule has 0 aliphatic heterocycles. The Morgan fingerprint density at radius 1 is 0.925 bits per heavy atom. The summed E-state index contributed by atoms with van der Waals surface area (Å²) in [6.07, 6.45) is 1.31. The zero-order chi connectivity index (χ0) is 29.3. The number of para-hydroxylation sites is 1. The van der Waals surface area contributed by atoms with Gasteiger partial charge in [-0.1, -0.05) is 62.4 Å². The first-order valence-electron chi connectivity index (χ1n) is 13.5. The van der Waals surface area contributed by atoms with Gasteiger partial charge in [-0.05, 0) is 68.1 Å². The first-order chi connectivity index (χ1) is 19.1. The molecule has 0 saturated carbocycles. The quantitative estimate of drug-likeness (QED) is 0.322. The molecule has 3 aromatic rings. The van der Waals surface area contributed by atoms with Crippen molar-refractivity contribution in [1.29, 1.82) is 0 Å². The molecule has 40 heavy (non-hydrogen) atoms. The molecule has 0 fully saturated rings. The minimum atomic E-state index is -4.10. The van der Waals surface area contributed by atoms with E-state index in [1.807, 2.05) is 45.0 Å². The number of nitrogens with one attached hydrogen (secondary N) is 1. The van der Waals surface area contributed by atoms with Crippen LogP contribution in [0.3, 0.4) is 0 Å². The lowest BCUT2D eigenvalue weighted by atomic mass is 10.1. The molecule has 8 nitrogen and oxygen atoms in total. The van der Waals surface area contributed by atoms with Crippen molar-refractivity contribution >= 4 is 27.5 Å². The third-order valence-electron chi connectivity index (χ3n) is 6.91. The molecule has 0 heterocycles. The van der Waals surface area contributed by atoms with Gasteiger partial charge in [0.1, 0.15) is 18.3 Å². The number of ether oxygens (including phenoxy) is 1. The number of amides is 2. The van der Waals surface area contributed by atoms with Crippen molar-refractivity contribution in [2.24, 2.45) is 0 Å². The SMILES string of the molecule is CCc1ccccc1N(CC(=O)N(Cc1cccc(OC)c1)[C@H](C)C(=O)N[C@@H](C)CC)S(=O)(=O)c1ccccc1. The second-order valence-corrected chi connectivity index (χ2v) is 11.5. The van der Waals surface area contributed by atoms with Gasteiger partial charge in [0.2, 0.25) is 11.8 Å². The fraction of sp³-hybridized carbons (Fsp3) is 0.355. The topological polar surface area (TPSA) is 96.0 Å². The lowest BCUT2D eigenvalue weighted by Gasteiger charge is -2.33. The van der Waals surface area contributed by atoms with Crippen molar-refractivity contribution in [3.8, 4) is 5.75 Å². The Morgan fingerprint density at radius 2 is 1.60 bits per heavy atom. The van der Waals surface area contributed by atoms with Crippen molar-refractivity contribution < 1.29 is 22.7 Å². The average molecular weight is 566 g/mol. The van der Waals surface area contributed by atoms with Crippen LogP contribution in [-0.2, 0) is 32.6 Å². The molecule has 0 saturated heterocycles. The van der Waals surface area contributed by atoms with Gasteiger partial charge < -0.3 is 15.0 Å². The van der Waals surface area contributed by atoms with Crippen LogP contribution in [0.2, 0.25) is 0 Å². The predicted octanol–water partition coefficient (Wildman–Crippen LogP) is 4.78. The summed E-state index contributed by atoms with van der Waals surface area (Å²) in [6.45, 7) is 7.08. The number of carbonyl (C=O) groups excluding carboxylic acids is 2. The van der Waals surface area contributed by atoms with Crippen molar-refractivity contribution in [3.05, 3.63) is 90.0 Å². The van der Waals surface area contributed by atoms with E-state index in [1.54, 1.807) is 56.5 Å². The predicted molar refractivity (Wildman–Crippen MR) is 158 cm³/mol. The molecule has 2 amide bonds. The number of methoxy groups -OCH3 is 1. The van der Waals surface area contributed by atoms with Gasteiger partial charge in [-0.25, -0.2) is 8.42 Å². The van der Waals surface area contributed by atoms with E-state index in [-0.39, 0.29) is 23.4 Å². The summed E-state index contributed by atoms with van der Waals surface area (Å²) in [7, 11) is -2.55. The first-order valence-corrected chi connectivity index (χ1v) is 14.9. The van der Waals surface area contributed by atoms with Gasteiger partial charge in [-0.15, -0.1) is 0 Å². The molecule has 214 valence electrons. The van der Waals surface area contributed by atoms with E-state index in [2.05, 4.69) is 5.32 Å². The first kappa shape index (κ1) is 30.7. The molecular weight excluding hydrogens is 526 g/mol. The molecule has 1 N–H and O–H groups in total. The van der Waals surface area contributed by atoms with Crippen molar-refractivity contribution in [3.63, 3.8) is 0 Å². The number of rotatable bonds is 13. The number of aryl methyl sites for hydroxylation is 1. The Balaban J connectivity index is 2.06. The zero-order valence-electron chi connectivity index (χ0n) is 23.8. The van der Waals surface area contributed by atoms with E-state index in [4.69, 9.17) is 4.74 Å². The smallest absolute Gasteiger partial charge is 0.264 e. The highest BCUT2D eigenvalue weighted by Crippen LogP contribution is 2.28. The van der Waals surface area contributed by atoms with E-state index in [0.717, 1.165) is 21.9 Å². The molecule has 3 rings (SSSR count). The average Bonchev–Trinajstić information content (AvgIpc) is 2.98. The van der Waals surface area contributed by atoms with E-state index in [9.17, 15) is 18.0 Å². The maximum Gasteiger partial charge on any atom is 0.264 e. The summed E-state index contributed by atoms with van der Waals surface area (Å²) in [5, 5.41) is 2.94. The van der Waals surface area contributed by atoms with Gasteiger partial charge in [0.05, 0.1) is 17.7 Å². The van der Waals surface area contributed by atoms with Crippen LogP contribution < -0.4 is 14.4 Å². The monoisotopic (exact) mass is 565 g/mol. The highest BCUT2D eigenvalue weighted by atomic mass is 32.2. The maximum absolute atomic E-state index is 14.1. The molecule has 2 atom stereocenters. The zero-order valence-corrected chi connectivity index (χ0v) is 24.6.